The van der Waals surface area contributed by atoms with Crippen LogP contribution in [0.1, 0.15) is 5.56 Å². The number of halogens is 1. The highest BCUT2D eigenvalue weighted by Crippen LogP contribution is 2.09. The Kier molecular flexibility index (Phi) is 3.59. The topological polar surface area (TPSA) is 63.3 Å². The van der Waals surface area contributed by atoms with Crippen molar-refractivity contribution in [1.82, 2.24) is 0 Å². The highest BCUT2D eigenvalue weighted by molar-refractivity contribution is 5.70. The number of carboxylic acid groups (broad SMARTS) is 1. The average Bonchev–Trinajstić information content (AvgIpc) is 2.14. The molecule has 0 heterocycles. The predicted octanol–water partition coefficient (Wildman–Crippen LogP) is 1.03. The van der Waals surface area contributed by atoms with Crippen LogP contribution in [-0.2, 0) is 11.2 Å². The van der Waals surface area contributed by atoms with E-state index in [1.54, 1.807) is 12.1 Å². The maximum Gasteiger partial charge on any atom is 0.308 e. The van der Waals surface area contributed by atoms with E-state index >= 15 is 0 Å². The first-order valence-corrected chi connectivity index (χ1v) is 4.31. The lowest BCUT2D eigenvalue weighted by Crippen LogP contribution is -2.25. The number of nitrogens with two attached hydrogens (primary N) is 1. The van der Waals surface area contributed by atoms with Crippen molar-refractivity contribution in [3.05, 3.63) is 35.6 Å². The van der Waals surface area contributed by atoms with E-state index < -0.39 is 11.9 Å². The number of carbonyl (C=O) groups is 1. The van der Waals surface area contributed by atoms with Gasteiger partial charge in [0.15, 0.2) is 0 Å². The number of hydrogen-bond acceptors (Lipinski definition) is 2. The van der Waals surface area contributed by atoms with Crippen molar-refractivity contribution in [3.8, 4) is 0 Å². The van der Waals surface area contributed by atoms with Crippen molar-refractivity contribution in [2.24, 2.45) is 11.7 Å². The molecule has 1 unspecified atom stereocenters. The lowest BCUT2D eigenvalue weighted by molar-refractivity contribution is -0.141. The number of rotatable bonds is 4. The fraction of sp³-hybridized carbons (Fsp3) is 0.300. The smallest absolute Gasteiger partial charge is 0.308 e. The van der Waals surface area contributed by atoms with Gasteiger partial charge >= 0.3 is 5.97 Å². The van der Waals surface area contributed by atoms with E-state index in [1.807, 2.05) is 0 Å². The molecule has 1 aromatic rings. The maximum absolute atomic E-state index is 12.7. The number of hydrogen-bond donors (Lipinski definition) is 2. The van der Waals surface area contributed by atoms with Gasteiger partial charge in [-0.05, 0) is 24.1 Å². The van der Waals surface area contributed by atoms with Gasteiger partial charge in [0.2, 0.25) is 0 Å². The monoisotopic (exact) mass is 197 g/mol. The van der Waals surface area contributed by atoms with Gasteiger partial charge in [-0.1, -0.05) is 12.1 Å². The quantitative estimate of drug-likeness (QED) is 0.757. The van der Waals surface area contributed by atoms with Crippen LogP contribution in [0.5, 0.6) is 0 Å². The molecule has 0 fully saturated rings. The Balaban J connectivity index is 2.72. The van der Waals surface area contributed by atoms with Gasteiger partial charge in [-0.3, -0.25) is 4.79 Å². The first kappa shape index (κ1) is 10.7. The fourth-order valence-corrected chi connectivity index (χ4v) is 1.22. The molecule has 0 amide bonds. The van der Waals surface area contributed by atoms with Gasteiger partial charge in [-0.15, -0.1) is 0 Å². The molecule has 0 aliphatic rings. The second-order valence-corrected chi connectivity index (χ2v) is 3.10. The summed E-state index contributed by atoms with van der Waals surface area (Å²) in [4.78, 5) is 10.6. The Morgan fingerprint density at radius 1 is 1.57 bits per heavy atom. The van der Waals surface area contributed by atoms with E-state index in [-0.39, 0.29) is 18.8 Å². The van der Waals surface area contributed by atoms with Crippen LogP contribution < -0.4 is 5.73 Å². The third-order valence-corrected chi connectivity index (χ3v) is 2.00. The van der Waals surface area contributed by atoms with Gasteiger partial charge in [-0.2, -0.15) is 0 Å². The summed E-state index contributed by atoms with van der Waals surface area (Å²) in [7, 11) is 0. The van der Waals surface area contributed by atoms with Crippen molar-refractivity contribution in [2.75, 3.05) is 6.54 Å². The second-order valence-electron chi connectivity index (χ2n) is 3.10. The van der Waals surface area contributed by atoms with E-state index in [0.717, 1.165) is 0 Å². The minimum Gasteiger partial charge on any atom is -0.481 e. The van der Waals surface area contributed by atoms with Crippen LogP contribution in [0.2, 0.25) is 0 Å². The molecule has 0 saturated carbocycles. The third kappa shape index (κ3) is 2.81. The second kappa shape index (κ2) is 4.72. The summed E-state index contributed by atoms with van der Waals surface area (Å²) >= 11 is 0. The maximum atomic E-state index is 12.7. The van der Waals surface area contributed by atoms with Crippen molar-refractivity contribution in [2.45, 2.75) is 6.42 Å². The van der Waals surface area contributed by atoms with Crippen LogP contribution in [-0.4, -0.2) is 17.6 Å². The standard InChI is InChI=1S/C10H12FNO2/c11-9-3-1-2-7(5-9)4-8(6-12)10(13)14/h1-3,5,8H,4,6,12H2,(H,13,14). The van der Waals surface area contributed by atoms with Crippen LogP contribution in [0, 0.1) is 11.7 Å². The van der Waals surface area contributed by atoms with E-state index in [9.17, 15) is 9.18 Å². The molecule has 14 heavy (non-hydrogen) atoms. The fourth-order valence-electron chi connectivity index (χ4n) is 1.22. The van der Waals surface area contributed by atoms with Crippen LogP contribution in [0.3, 0.4) is 0 Å². The minimum absolute atomic E-state index is 0.0614. The molecule has 1 atom stereocenters. The molecule has 1 aromatic carbocycles. The van der Waals surface area contributed by atoms with Crippen LogP contribution in [0.4, 0.5) is 4.39 Å². The molecular weight excluding hydrogens is 185 g/mol. The SMILES string of the molecule is NCC(Cc1cccc(F)c1)C(=O)O. The van der Waals surface area contributed by atoms with E-state index in [2.05, 4.69) is 0 Å². The molecule has 76 valence electrons. The third-order valence-electron chi connectivity index (χ3n) is 2.00. The summed E-state index contributed by atoms with van der Waals surface area (Å²) in [6.07, 6.45) is 0.267. The summed E-state index contributed by atoms with van der Waals surface area (Å²) < 4.78 is 12.7. The minimum atomic E-state index is -0.947. The van der Waals surface area contributed by atoms with Gasteiger partial charge < -0.3 is 10.8 Å². The summed E-state index contributed by atoms with van der Waals surface area (Å²) in [5, 5.41) is 8.73. The number of carboxylic acids is 1. The van der Waals surface area contributed by atoms with E-state index in [1.165, 1.54) is 12.1 Å². The van der Waals surface area contributed by atoms with E-state index in [4.69, 9.17) is 10.8 Å². The number of benzene rings is 1. The van der Waals surface area contributed by atoms with Crippen molar-refractivity contribution in [1.29, 1.82) is 0 Å². The van der Waals surface area contributed by atoms with E-state index in [0.29, 0.717) is 5.56 Å². The average molecular weight is 197 g/mol. The van der Waals surface area contributed by atoms with Gasteiger partial charge in [-0.25, -0.2) is 4.39 Å². The molecule has 3 N–H and O–H groups in total. The lowest BCUT2D eigenvalue weighted by Gasteiger charge is -2.08. The molecule has 3 nitrogen and oxygen atoms in total. The van der Waals surface area contributed by atoms with Crippen LogP contribution in [0.15, 0.2) is 24.3 Å². The molecular formula is C10H12FNO2. The molecule has 0 aliphatic carbocycles. The van der Waals surface area contributed by atoms with Gasteiger partial charge in [0.25, 0.3) is 0 Å². The van der Waals surface area contributed by atoms with Crippen LogP contribution >= 0.6 is 0 Å². The zero-order valence-corrected chi connectivity index (χ0v) is 7.61. The summed E-state index contributed by atoms with van der Waals surface area (Å²) in [5.41, 5.74) is 5.94. The molecule has 0 saturated heterocycles. The molecule has 4 heteroatoms. The summed E-state index contributed by atoms with van der Waals surface area (Å²) in [6.45, 7) is 0.0614. The summed E-state index contributed by atoms with van der Waals surface area (Å²) in [6, 6.07) is 5.89. The van der Waals surface area contributed by atoms with Crippen molar-refractivity contribution in [3.63, 3.8) is 0 Å². The van der Waals surface area contributed by atoms with Gasteiger partial charge in [0.1, 0.15) is 5.82 Å². The molecule has 0 spiro atoms. The predicted molar refractivity (Wildman–Crippen MR) is 50.3 cm³/mol. The number of aliphatic carboxylic acids is 1. The Morgan fingerprint density at radius 3 is 2.79 bits per heavy atom. The molecule has 0 aromatic heterocycles. The Labute approximate surface area is 81.4 Å². The zero-order chi connectivity index (χ0) is 10.6. The highest BCUT2D eigenvalue weighted by atomic mass is 19.1. The van der Waals surface area contributed by atoms with Gasteiger partial charge in [0.05, 0.1) is 5.92 Å². The Hall–Kier alpha value is -1.42. The first-order valence-electron chi connectivity index (χ1n) is 4.31. The highest BCUT2D eigenvalue weighted by Gasteiger charge is 2.15. The Morgan fingerprint density at radius 2 is 2.29 bits per heavy atom. The van der Waals surface area contributed by atoms with Crippen molar-refractivity contribution < 1.29 is 14.3 Å². The largest absolute Gasteiger partial charge is 0.481 e. The van der Waals surface area contributed by atoms with Gasteiger partial charge in [0, 0.05) is 6.54 Å². The van der Waals surface area contributed by atoms with Crippen molar-refractivity contribution >= 4 is 5.97 Å². The molecule has 0 aliphatic heterocycles. The summed E-state index contributed by atoms with van der Waals surface area (Å²) in [5.74, 6) is -1.95. The molecule has 1 rings (SSSR count). The normalized spacial score (nSPS) is 12.4. The Bertz CT molecular complexity index is 328. The van der Waals surface area contributed by atoms with Crippen LogP contribution in [0.25, 0.3) is 0 Å². The molecule has 0 bridgehead atoms. The first-order chi connectivity index (χ1) is 6.63. The molecule has 0 radical (unpaired) electrons. The lowest BCUT2D eigenvalue weighted by atomic mass is 10.00. The zero-order valence-electron chi connectivity index (χ0n) is 7.61.